The molecule has 0 saturated carbocycles. The van der Waals surface area contributed by atoms with Crippen LogP contribution in [0.2, 0.25) is 0 Å². The number of nitrogens with one attached hydrogen (secondary N) is 2. The smallest absolute Gasteiger partial charge is 0.253 e. The van der Waals surface area contributed by atoms with Gasteiger partial charge >= 0.3 is 0 Å². The second-order valence-electron chi connectivity index (χ2n) is 3.95. The molecule has 0 bridgehead atoms. The summed E-state index contributed by atoms with van der Waals surface area (Å²) in [7, 11) is 1.79. The van der Waals surface area contributed by atoms with Gasteiger partial charge in [-0.25, -0.2) is 0 Å². The van der Waals surface area contributed by atoms with Crippen molar-refractivity contribution in [2.24, 2.45) is 0 Å². The fourth-order valence-corrected chi connectivity index (χ4v) is 4.36. The number of pyridine rings is 1. The average Bonchev–Trinajstić information content (AvgIpc) is 2.45. The third-order valence-electron chi connectivity index (χ3n) is 2.71. The first kappa shape index (κ1) is 13.5. The fraction of sp³-hybridized carbons (Fsp3) is 0.500. The molecule has 1 aromatic rings. The van der Waals surface area contributed by atoms with Gasteiger partial charge in [0.1, 0.15) is 0 Å². The molecule has 1 aliphatic rings. The number of hydrogen-bond donors (Lipinski definition) is 2. The summed E-state index contributed by atoms with van der Waals surface area (Å²) in [6, 6.07) is 1.74. The Labute approximate surface area is 116 Å². The van der Waals surface area contributed by atoms with Crippen LogP contribution in [0.1, 0.15) is 10.4 Å². The fourth-order valence-electron chi connectivity index (χ4n) is 1.75. The van der Waals surface area contributed by atoms with E-state index in [1.165, 1.54) is 11.5 Å². The van der Waals surface area contributed by atoms with Gasteiger partial charge in [0.15, 0.2) is 0 Å². The van der Waals surface area contributed by atoms with E-state index in [1.807, 2.05) is 23.5 Å². The summed E-state index contributed by atoms with van der Waals surface area (Å²) in [5.41, 5.74) is 1.42. The van der Waals surface area contributed by atoms with Crippen molar-refractivity contribution in [3.05, 3.63) is 24.0 Å². The lowest BCUT2D eigenvalue weighted by atomic mass is 10.2. The number of anilines is 1. The third kappa shape index (κ3) is 3.55. The standard InChI is InChI=1S/C12H17N3OS2/c1-13-11-7-14-3-2-10(11)12(16)15-6-9-8-17-4-5-18-9/h2-3,7,9,13H,4-6,8H2,1H3,(H,15,16). The first-order valence-corrected chi connectivity index (χ1v) is 8.11. The summed E-state index contributed by atoms with van der Waals surface area (Å²) >= 11 is 3.91. The Balaban J connectivity index is 1.90. The van der Waals surface area contributed by atoms with Crippen molar-refractivity contribution in [3.63, 3.8) is 0 Å². The van der Waals surface area contributed by atoms with E-state index in [0.29, 0.717) is 10.8 Å². The van der Waals surface area contributed by atoms with Crippen LogP contribution < -0.4 is 10.6 Å². The van der Waals surface area contributed by atoms with E-state index >= 15 is 0 Å². The molecule has 0 spiro atoms. The maximum Gasteiger partial charge on any atom is 0.253 e. The molecular formula is C12H17N3OS2. The van der Waals surface area contributed by atoms with Crippen molar-refractivity contribution < 1.29 is 4.79 Å². The lowest BCUT2D eigenvalue weighted by Crippen LogP contribution is -2.33. The van der Waals surface area contributed by atoms with Crippen molar-refractivity contribution in [1.82, 2.24) is 10.3 Å². The SMILES string of the molecule is CNc1cnccc1C(=O)NCC1CSCCS1. The molecule has 1 amide bonds. The first-order chi connectivity index (χ1) is 8.81. The molecule has 98 valence electrons. The van der Waals surface area contributed by atoms with Crippen LogP contribution in [0.5, 0.6) is 0 Å². The van der Waals surface area contributed by atoms with E-state index < -0.39 is 0 Å². The molecule has 1 aliphatic heterocycles. The maximum atomic E-state index is 12.1. The van der Waals surface area contributed by atoms with Crippen molar-refractivity contribution >= 4 is 35.1 Å². The maximum absolute atomic E-state index is 12.1. The van der Waals surface area contributed by atoms with E-state index in [-0.39, 0.29) is 5.91 Å². The van der Waals surface area contributed by atoms with E-state index in [4.69, 9.17) is 0 Å². The van der Waals surface area contributed by atoms with Crippen LogP contribution in [0, 0.1) is 0 Å². The quantitative estimate of drug-likeness (QED) is 0.881. The van der Waals surface area contributed by atoms with Crippen LogP contribution in [-0.4, -0.2) is 47.0 Å². The molecule has 1 aromatic heterocycles. The highest BCUT2D eigenvalue weighted by atomic mass is 32.2. The molecule has 2 rings (SSSR count). The highest BCUT2D eigenvalue weighted by molar-refractivity contribution is 8.06. The molecule has 4 nitrogen and oxygen atoms in total. The van der Waals surface area contributed by atoms with Crippen molar-refractivity contribution in [2.75, 3.05) is 36.2 Å². The van der Waals surface area contributed by atoms with Gasteiger partial charge in [0, 0.05) is 42.3 Å². The van der Waals surface area contributed by atoms with Crippen LogP contribution in [0.25, 0.3) is 0 Å². The zero-order chi connectivity index (χ0) is 12.8. The summed E-state index contributed by atoms with van der Waals surface area (Å²) in [6.45, 7) is 0.738. The number of aromatic nitrogens is 1. The topological polar surface area (TPSA) is 54.0 Å². The minimum Gasteiger partial charge on any atom is -0.386 e. The second kappa shape index (κ2) is 6.89. The van der Waals surface area contributed by atoms with Crippen molar-refractivity contribution in [1.29, 1.82) is 0 Å². The first-order valence-electron chi connectivity index (χ1n) is 5.90. The highest BCUT2D eigenvalue weighted by Crippen LogP contribution is 2.23. The van der Waals surface area contributed by atoms with E-state index in [2.05, 4.69) is 15.6 Å². The van der Waals surface area contributed by atoms with Gasteiger partial charge in [0.25, 0.3) is 5.91 Å². The van der Waals surface area contributed by atoms with E-state index in [9.17, 15) is 4.79 Å². The van der Waals surface area contributed by atoms with E-state index in [1.54, 1.807) is 25.5 Å². The summed E-state index contributed by atoms with van der Waals surface area (Å²) in [5.74, 6) is 3.50. The third-order valence-corrected chi connectivity index (χ3v) is 5.56. The van der Waals surface area contributed by atoms with Gasteiger partial charge in [-0.3, -0.25) is 9.78 Å². The molecule has 0 aromatic carbocycles. The molecule has 18 heavy (non-hydrogen) atoms. The highest BCUT2D eigenvalue weighted by Gasteiger charge is 2.16. The Morgan fingerprint density at radius 2 is 2.44 bits per heavy atom. The predicted molar refractivity (Wildman–Crippen MR) is 79.7 cm³/mol. The van der Waals surface area contributed by atoms with Crippen LogP contribution in [0.3, 0.4) is 0 Å². The van der Waals surface area contributed by atoms with Crippen LogP contribution in [0.4, 0.5) is 5.69 Å². The summed E-state index contributed by atoms with van der Waals surface area (Å²) in [4.78, 5) is 16.1. The summed E-state index contributed by atoms with van der Waals surface area (Å²) < 4.78 is 0. The lowest BCUT2D eigenvalue weighted by molar-refractivity contribution is 0.0955. The zero-order valence-corrected chi connectivity index (χ0v) is 11.9. The lowest BCUT2D eigenvalue weighted by Gasteiger charge is -2.21. The van der Waals surface area contributed by atoms with Gasteiger partial charge in [0.05, 0.1) is 17.4 Å². The Morgan fingerprint density at radius 1 is 1.56 bits per heavy atom. The summed E-state index contributed by atoms with van der Waals surface area (Å²) in [5, 5.41) is 6.52. The van der Waals surface area contributed by atoms with Crippen molar-refractivity contribution in [3.8, 4) is 0 Å². The van der Waals surface area contributed by atoms with Crippen LogP contribution in [0.15, 0.2) is 18.5 Å². The molecule has 0 radical (unpaired) electrons. The molecule has 1 saturated heterocycles. The number of carbonyl (C=O) groups excluding carboxylic acids is 1. The monoisotopic (exact) mass is 283 g/mol. The van der Waals surface area contributed by atoms with Crippen molar-refractivity contribution in [2.45, 2.75) is 5.25 Å². The van der Waals surface area contributed by atoms with Gasteiger partial charge in [-0.2, -0.15) is 23.5 Å². The Bertz CT molecular complexity index is 408. The Morgan fingerprint density at radius 3 is 3.17 bits per heavy atom. The second-order valence-corrected chi connectivity index (χ2v) is 6.51. The zero-order valence-electron chi connectivity index (χ0n) is 10.3. The number of nitrogens with zero attached hydrogens (tertiary/aromatic N) is 1. The van der Waals surface area contributed by atoms with Crippen LogP contribution >= 0.6 is 23.5 Å². The molecule has 6 heteroatoms. The Kier molecular flexibility index (Phi) is 5.19. The Hall–Kier alpha value is -0.880. The molecular weight excluding hydrogens is 266 g/mol. The molecule has 2 N–H and O–H groups in total. The van der Waals surface area contributed by atoms with Gasteiger partial charge in [-0.05, 0) is 6.07 Å². The number of carbonyl (C=O) groups is 1. The number of thioether (sulfide) groups is 2. The van der Waals surface area contributed by atoms with E-state index in [0.717, 1.165) is 18.0 Å². The van der Waals surface area contributed by atoms with Gasteiger partial charge in [-0.15, -0.1) is 0 Å². The largest absolute Gasteiger partial charge is 0.386 e. The number of amides is 1. The molecule has 2 heterocycles. The number of hydrogen-bond acceptors (Lipinski definition) is 5. The van der Waals surface area contributed by atoms with Crippen LogP contribution in [-0.2, 0) is 0 Å². The minimum absolute atomic E-state index is 0.0297. The average molecular weight is 283 g/mol. The molecule has 1 unspecified atom stereocenters. The molecule has 1 fully saturated rings. The molecule has 0 aliphatic carbocycles. The normalized spacial score (nSPS) is 19.3. The predicted octanol–water partition coefficient (Wildman–Crippen LogP) is 1.70. The van der Waals surface area contributed by atoms with Gasteiger partial charge in [0.2, 0.25) is 0 Å². The number of rotatable bonds is 4. The van der Waals surface area contributed by atoms with Gasteiger partial charge in [-0.1, -0.05) is 0 Å². The minimum atomic E-state index is -0.0297. The summed E-state index contributed by atoms with van der Waals surface area (Å²) in [6.07, 6.45) is 3.31. The van der Waals surface area contributed by atoms with Gasteiger partial charge < -0.3 is 10.6 Å². The molecule has 1 atom stereocenters.